The van der Waals surface area contributed by atoms with Crippen LogP contribution >= 0.6 is 0 Å². The summed E-state index contributed by atoms with van der Waals surface area (Å²) in [4.78, 5) is 29.3. The molecule has 10 heteroatoms. The smallest absolute Gasteiger partial charge is 0.262 e. The zero-order valence-corrected chi connectivity index (χ0v) is 19.9. The molecule has 0 radical (unpaired) electrons. The number of piperidine rings is 1. The first-order valence-electron chi connectivity index (χ1n) is 11.0. The van der Waals surface area contributed by atoms with E-state index in [0.29, 0.717) is 35.6 Å². The molecule has 0 bridgehead atoms. The van der Waals surface area contributed by atoms with E-state index < -0.39 is 10.0 Å². The second kappa shape index (κ2) is 9.78. The van der Waals surface area contributed by atoms with Gasteiger partial charge in [0.25, 0.3) is 15.9 Å². The zero-order valence-electron chi connectivity index (χ0n) is 19.1. The third-order valence-electron chi connectivity index (χ3n) is 5.94. The van der Waals surface area contributed by atoms with Crippen LogP contribution in [0.1, 0.15) is 29.0 Å². The van der Waals surface area contributed by atoms with Crippen molar-refractivity contribution in [2.24, 2.45) is 13.0 Å². The standard InChI is InChI=1S/C24H27N5O4S/c1-17-25-22(16-28(17)2)34(32,33)29-13-11-19(12-14-29)24(31)27-21-10-6-9-20(15-21)26-23(30)18-7-4-3-5-8-18/h3-10,15-16,19H,11-14H2,1-2H3,(H,26,30)(H,27,31). The second-order valence-corrected chi connectivity index (χ2v) is 10.2. The van der Waals surface area contributed by atoms with E-state index in [-0.39, 0.29) is 35.8 Å². The van der Waals surface area contributed by atoms with Gasteiger partial charge < -0.3 is 15.2 Å². The molecule has 2 amide bonds. The predicted molar refractivity (Wildman–Crippen MR) is 129 cm³/mol. The lowest BCUT2D eigenvalue weighted by Crippen LogP contribution is -2.41. The minimum absolute atomic E-state index is 0.0322. The van der Waals surface area contributed by atoms with Gasteiger partial charge in [0.1, 0.15) is 5.82 Å². The summed E-state index contributed by atoms with van der Waals surface area (Å²) in [5.74, 6) is -0.0902. The molecule has 0 saturated carbocycles. The van der Waals surface area contributed by atoms with E-state index in [1.54, 1.807) is 67.1 Å². The summed E-state index contributed by atoms with van der Waals surface area (Å²) in [5.41, 5.74) is 1.67. The lowest BCUT2D eigenvalue weighted by atomic mass is 9.97. The molecule has 1 aliphatic rings. The fourth-order valence-electron chi connectivity index (χ4n) is 3.85. The third-order valence-corrected chi connectivity index (χ3v) is 7.71. The van der Waals surface area contributed by atoms with Gasteiger partial charge in [0.05, 0.1) is 0 Å². The monoisotopic (exact) mass is 481 g/mol. The number of amides is 2. The molecule has 0 unspecified atom stereocenters. The Bertz CT molecular complexity index is 1280. The topological polar surface area (TPSA) is 113 Å². The molecule has 0 atom stereocenters. The molecule has 9 nitrogen and oxygen atoms in total. The van der Waals surface area contributed by atoms with E-state index in [2.05, 4.69) is 15.6 Å². The first-order chi connectivity index (χ1) is 16.2. The van der Waals surface area contributed by atoms with E-state index in [0.717, 1.165) is 0 Å². The van der Waals surface area contributed by atoms with Crippen LogP contribution in [0.4, 0.5) is 11.4 Å². The van der Waals surface area contributed by atoms with Crippen molar-refractivity contribution in [2.75, 3.05) is 23.7 Å². The summed E-state index contributed by atoms with van der Waals surface area (Å²) >= 11 is 0. The number of benzene rings is 2. The molecule has 1 fully saturated rings. The summed E-state index contributed by atoms with van der Waals surface area (Å²) in [7, 11) is -1.93. The predicted octanol–water partition coefficient (Wildman–Crippen LogP) is 3.02. The Kier molecular flexibility index (Phi) is 6.80. The quantitative estimate of drug-likeness (QED) is 0.562. The summed E-state index contributed by atoms with van der Waals surface area (Å²) in [6.07, 6.45) is 2.34. The van der Waals surface area contributed by atoms with Crippen LogP contribution in [-0.4, -0.2) is 47.2 Å². The number of rotatable bonds is 6. The van der Waals surface area contributed by atoms with Crippen LogP contribution in [0.25, 0.3) is 0 Å². The van der Waals surface area contributed by atoms with Crippen LogP contribution in [0.15, 0.2) is 65.8 Å². The van der Waals surface area contributed by atoms with Gasteiger partial charge >= 0.3 is 0 Å². The lowest BCUT2D eigenvalue weighted by molar-refractivity contribution is -0.120. The molecule has 3 aromatic rings. The maximum Gasteiger partial charge on any atom is 0.262 e. The van der Waals surface area contributed by atoms with E-state index in [9.17, 15) is 18.0 Å². The van der Waals surface area contributed by atoms with E-state index in [1.165, 1.54) is 10.5 Å². The van der Waals surface area contributed by atoms with Crippen molar-refractivity contribution in [3.05, 3.63) is 72.2 Å². The Morgan fingerprint density at radius 2 is 1.62 bits per heavy atom. The van der Waals surface area contributed by atoms with Crippen molar-refractivity contribution in [3.8, 4) is 0 Å². The van der Waals surface area contributed by atoms with Crippen LogP contribution < -0.4 is 10.6 Å². The lowest BCUT2D eigenvalue weighted by Gasteiger charge is -2.30. The Morgan fingerprint density at radius 1 is 0.971 bits per heavy atom. The van der Waals surface area contributed by atoms with Gasteiger partial charge in [-0.05, 0) is 50.1 Å². The highest BCUT2D eigenvalue weighted by Crippen LogP contribution is 2.25. The molecule has 1 saturated heterocycles. The summed E-state index contributed by atoms with van der Waals surface area (Å²) in [5, 5.41) is 5.74. The molecule has 1 aliphatic heterocycles. The van der Waals surface area contributed by atoms with Gasteiger partial charge in [-0.2, -0.15) is 4.31 Å². The number of nitrogens with one attached hydrogen (secondary N) is 2. The number of carbonyl (C=O) groups excluding carboxylic acids is 2. The van der Waals surface area contributed by atoms with Crippen LogP contribution in [0, 0.1) is 12.8 Å². The Balaban J connectivity index is 1.34. The molecular formula is C24H27N5O4S. The number of aromatic nitrogens is 2. The van der Waals surface area contributed by atoms with Gasteiger partial charge in [0.2, 0.25) is 5.91 Å². The maximum absolute atomic E-state index is 12.9. The average molecular weight is 482 g/mol. The average Bonchev–Trinajstić information content (AvgIpc) is 3.19. The number of hydrogen-bond acceptors (Lipinski definition) is 5. The van der Waals surface area contributed by atoms with Crippen molar-refractivity contribution >= 4 is 33.2 Å². The summed E-state index contributed by atoms with van der Waals surface area (Å²) in [6.45, 7) is 2.25. The third kappa shape index (κ3) is 5.18. The summed E-state index contributed by atoms with van der Waals surface area (Å²) in [6, 6.07) is 15.8. The first-order valence-corrected chi connectivity index (χ1v) is 12.5. The Hall–Kier alpha value is -3.50. The largest absolute Gasteiger partial charge is 0.337 e. The SMILES string of the molecule is Cc1nc(S(=O)(=O)N2CCC(C(=O)Nc3cccc(NC(=O)c4ccccc4)c3)CC2)cn1C. The fourth-order valence-corrected chi connectivity index (χ4v) is 5.35. The number of sulfonamides is 1. The first kappa shape index (κ1) is 23.7. The van der Waals surface area contributed by atoms with Crippen LogP contribution in [0.2, 0.25) is 0 Å². The number of hydrogen-bond donors (Lipinski definition) is 2. The molecule has 2 heterocycles. The molecule has 1 aromatic heterocycles. The maximum atomic E-state index is 12.9. The van der Waals surface area contributed by atoms with Gasteiger partial charge in [-0.1, -0.05) is 24.3 Å². The number of imidazole rings is 1. The van der Waals surface area contributed by atoms with Gasteiger partial charge in [-0.25, -0.2) is 13.4 Å². The molecule has 0 aliphatic carbocycles. The van der Waals surface area contributed by atoms with E-state index >= 15 is 0 Å². The van der Waals surface area contributed by atoms with Crippen molar-refractivity contribution in [1.29, 1.82) is 0 Å². The highest BCUT2D eigenvalue weighted by molar-refractivity contribution is 7.89. The number of aryl methyl sites for hydroxylation is 2. The number of nitrogens with zero attached hydrogens (tertiary/aromatic N) is 3. The molecule has 2 N–H and O–H groups in total. The molecule has 2 aromatic carbocycles. The van der Waals surface area contributed by atoms with E-state index in [1.807, 2.05) is 6.07 Å². The molecule has 0 spiro atoms. The second-order valence-electron chi connectivity index (χ2n) is 8.31. The summed E-state index contributed by atoms with van der Waals surface area (Å²) < 4.78 is 28.8. The van der Waals surface area contributed by atoms with Gasteiger partial charge in [0.15, 0.2) is 5.03 Å². The van der Waals surface area contributed by atoms with E-state index in [4.69, 9.17) is 0 Å². The van der Waals surface area contributed by atoms with Crippen LogP contribution in [0.3, 0.4) is 0 Å². The van der Waals surface area contributed by atoms with Crippen LogP contribution in [0.5, 0.6) is 0 Å². The zero-order chi connectivity index (χ0) is 24.3. The molecule has 178 valence electrons. The molecular weight excluding hydrogens is 454 g/mol. The van der Waals surface area contributed by atoms with Crippen molar-refractivity contribution in [3.63, 3.8) is 0 Å². The van der Waals surface area contributed by atoms with Gasteiger partial charge in [-0.3, -0.25) is 9.59 Å². The highest BCUT2D eigenvalue weighted by atomic mass is 32.2. The Morgan fingerprint density at radius 3 is 2.24 bits per heavy atom. The minimum atomic E-state index is -3.68. The van der Waals surface area contributed by atoms with Gasteiger partial charge in [0, 0.05) is 49.2 Å². The Labute approximate surface area is 198 Å². The van der Waals surface area contributed by atoms with Crippen molar-refractivity contribution in [1.82, 2.24) is 13.9 Å². The van der Waals surface area contributed by atoms with Crippen molar-refractivity contribution in [2.45, 2.75) is 24.8 Å². The van der Waals surface area contributed by atoms with Crippen molar-refractivity contribution < 1.29 is 18.0 Å². The number of anilines is 2. The minimum Gasteiger partial charge on any atom is -0.337 e. The fraction of sp³-hybridized carbons (Fsp3) is 0.292. The molecule has 34 heavy (non-hydrogen) atoms. The number of carbonyl (C=O) groups is 2. The van der Waals surface area contributed by atoms with Crippen LogP contribution in [-0.2, 0) is 21.9 Å². The molecule has 4 rings (SSSR count). The highest BCUT2D eigenvalue weighted by Gasteiger charge is 2.33. The van der Waals surface area contributed by atoms with Gasteiger partial charge in [-0.15, -0.1) is 0 Å². The normalized spacial score (nSPS) is 15.1.